The zero-order valence-corrected chi connectivity index (χ0v) is 16.5. The number of amides is 1. The molecule has 2 heterocycles. The van der Waals surface area contributed by atoms with Gasteiger partial charge in [-0.25, -0.2) is 5.43 Å². The zero-order valence-electron chi connectivity index (χ0n) is 15.7. The summed E-state index contributed by atoms with van der Waals surface area (Å²) in [5.74, 6) is -0.555. The number of hydrazine groups is 1. The molecule has 1 N–H and O–H groups in total. The van der Waals surface area contributed by atoms with Gasteiger partial charge in [0.25, 0.3) is 0 Å². The van der Waals surface area contributed by atoms with E-state index < -0.39 is 17.7 Å². The van der Waals surface area contributed by atoms with Crippen molar-refractivity contribution in [2.45, 2.75) is 45.3 Å². The molecule has 1 aliphatic heterocycles. The summed E-state index contributed by atoms with van der Waals surface area (Å²) in [6.45, 7) is 4.17. The van der Waals surface area contributed by atoms with Crippen molar-refractivity contribution in [1.82, 2.24) is 15.3 Å². The number of thioether (sulfide) groups is 1. The third kappa shape index (κ3) is 6.52. The van der Waals surface area contributed by atoms with Crippen molar-refractivity contribution in [1.29, 1.82) is 0 Å². The predicted octanol–water partition coefficient (Wildman–Crippen LogP) is 3.48. The minimum absolute atomic E-state index is 0.0390. The summed E-state index contributed by atoms with van der Waals surface area (Å²) in [5.41, 5.74) is 4.81. The van der Waals surface area contributed by atoms with E-state index in [0.717, 1.165) is 11.4 Å². The number of pyridine rings is 1. The van der Waals surface area contributed by atoms with Crippen molar-refractivity contribution < 1.29 is 22.8 Å². The largest absolute Gasteiger partial charge is 0.389 e. The number of nitrogens with zero attached hydrogens (tertiary/aromatic N) is 3. The first-order chi connectivity index (χ1) is 13.2. The lowest BCUT2D eigenvalue weighted by Crippen LogP contribution is -2.39. The first-order valence-corrected chi connectivity index (χ1v) is 9.89. The number of anilines is 1. The van der Waals surface area contributed by atoms with Crippen LogP contribution in [0.5, 0.6) is 0 Å². The van der Waals surface area contributed by atoms with Crippen LogP contribution in [0.3, 0.4) is 0 Å². The molecule has 1 aromatic rings. The van der Waals surface area contributed by atoms with E-state index in [9.17, 15) is 22.8 Å². The molecule has 0 aromatic carbocycles. The average Bonchev–Trinajstić information content (AvgIpc) is 3.02. The molecule has 1 aromatic heterocycles. The van der Waals surface area contributed by atoms with Crippen LogP contribution in [-0.4, -0.2) is 45.4 Å². The van der Waals surface area contributed by atoms with E-state index in [1.54, 1.807) is 28.4 Å². The van der Waals surface area contributed by atoms with Gasteiger partial charge in [-0.15, -0.1) is 0 Å². The Balaban J connectivity index is 1.91. The quantitative estimate of drug-likeness (QED) is 0.700. The maximum absolute atomic E-state index is 12.6. The molecular formula is C18H23F3N4O2S. The number of likely N-dealkylation sites (N-methyl/N-ethyl adjacent to an activating group) is 1. The van der Waals surface area contributed by atoms with Gasteiger partial charge in [0.15, 0.2) is 5.12 Å². The highest BCUT2D eigenvalue weighted by molar-refractivity contribution is 8.13. The molecule has 1 aliphatic rings. The van der Waals surface area contributed by atoms with Gasteiger partial charge in [-0.2, -0.15) is 13.2 Å². The number of rotatable bonds is 8. The molecule has 0 bridgehead atoms. The zero-order chi connectivity index (χ0) is 20.7. The van der Waals surface area contributed by atoms with Gasteiger partial charge in [-0.05, 0) is 26.0 Å². The number of alkyl halides is 3. The predicted molar refractivity (Wildman–Crippen MR) is 102 cm³/mol. The molecule has 1 unspecified atom stereocenters. The second-order valence-corrected chi connectivity index (χ2v) is 7.36. The van der Waals surface area contributed by atoms with Gasteiger partial charge >= 0.3 is 6.18 Å². The van der Waals surface area contributed by atoms with Crippen LogP contribution in [0, 0.1) is 0 Å². The summed E-state index contributed by atoms with van der Waals surface area (Å²) in [4.78, 5) is 30.0. The van der Waals surface area contributed by atoms with Gasteiger partial charge < -0.3 is 4.90 Å². The van der Waals surface area contributed by atoms with Gasteiger partial charge in [0.2, 0.25) is 5.91 Å². The highest BCUT2D eigenvalue weighted by Crippen LogP contribution is 2.24. The first-order valence-electron chi connectivity index (χ1n) is 8.91. The number of aromatic nitrogens is 1. The van der Waals surface area contributed by atoms with Crippen LogP contribution in [-0.2, 0) is 9.59 Å². The normalized spacial score (nSPS) is 16.8. The summed E-state index contributed by atoms with van der Waals surface area (Å²) in [6, 6.07) is 3.56. The summed E-state index contributed by atoms with van der Waals surface area (Å²) < 4.78 is 36.4. The smallest absolute Gasteiger partial charge is 0.313 e. The lowest BCUT2D eigenvalue weighted by molar-refractivity contribution is -0.131. The standard InChI is InChI=1S/C18H23F3N4O2S/c1-3-24(16(26)6-7-17(27)28-10-8-18(19,20)21)15-12-25(23-13(15)2)14-5-4-9-22-11-14/h4-5,9,11-13,23H,3,6-8,10H2,1-2H3. The fraction of sp³-hybridized carbons (Fsp3) is 0.500. The fourth-order valence-electron chi connectivity index (χ4n) is 2.70. The summed E-state index contributed by atoms with van der Waals surface area (Å²) >= 11 is 0.623. The van der Waals surface area contributed by atoms with Gasteiger partial charge in [0.05, 0.1) is 30.0 Å². The summed E-state index contributed by atoms with van der Waals surface area (Å²) in [6.07, 6.45) is -0.253. The van der Waals surface area contributed by atoms with E-state index in [1.807, 2.05) is 26.1 Å². The minimum Gasteiger partial charge on any atom is -0.313 e. The van der Waals surface area contributed by atoms with E-state index in [4.69, 9.17) is 0 Å². The Morgan fingerprint density at radius 3 is 2.71 bits per heavy atom. The van der Waals surface area contributed by atoms with Crippen molar-refractivity contribution in [3.05, 3.63) is 36.4 Å². The Morgan fingerprint density at radius 1 is 1.36 bits per heavy atom. The number of carbonyl (C=O) groups excluding carboxylic acids is 2. The third-order valence-electron chi connectivity index (χ3n) is 4.08. The van der Waals surface area contributed by atoms with Crippen LogP contribution in [0.2, 0.25) is 0 Å². The number of nitrogens with one attached hydrogen (secondary N) is 1. The highest BCUT2D eigenvalue weighted by Gasteiger charge is 2.29. The van der Waals surface area contributed by atoms with Gasteiger partial charge in [0, 0.05) is 37.5 Å². The third-order valence-corrected chi connectivity index (χ3v) is 5.02. The van der Waals surface area contributed by atoms with Crippen LogP contribution in [0.4, 0.5) is 18.9 Å². The molecule has 0 radical (unpaired) electrons. The van der Waals surface area contributed by atoms with Crippen molar-refractivity contribution in [2.24, 2.45) is 0 Å². The molecule has 6 nitrogen and oxygen atoms in total. The van der Waals surface area contributed by atoms with Crippen LogP contribution in [0.25, 0.3) is 0 Å². The monoisotopic (exact) mass is 416 g/mol. The van der Waals surface area contributed by atoms with E-state index in [1.165, 1.54) is 0 Å². The Hall–Kier alpha value is -2.07. The molecular weight excluding hydrogens is 393 g/mol. The van der Waals surface area contributed by atoms with E-state index >= 15 is 0 Å². The fourth-order valence-corrected chi connectivity index (χ4v) is 3.51. The van der Waals surface area contributed by atoms with Gasteiger partial charge in [-0.1, -0.05) is 11.8 Å². The van der Waals surface area contributed by atoms with Crippen LogP contribution >= 0.6 is 11.8 Å². The van der Waals surface area contributed by atoms with Gasteiger partial charge in [0.1, 0.15) is 0 Å². The number of hydrogen-bond donors (Lipinski definition) is 1. The van der Waals surface area contributed by atoms with Crippen LogP contribution in [0.15, 0.2) is 36.4 Å². The van der Waals surface area contributed by atoms with Crippen molar-refractivity contribution in [3.8, 4) is 0 Å². The van der Waals surface area contributed by atoms with Crippen LogP contribution in [0.1, 0.15) is 33.1 Å². The molecule has 154 valence electrons. The maximum atomic E-state index is 12.6. The topological polar surface area (TPSA) is 65.5 Å². The first kappa shape index (κ1) is 22.2. The van der Waals surface area contributed by atoms with E-state index in [-0.39, 0.29) is 30.5 Å². The molecule has 2 rings (SSSR count). The molecule has 0 fully saturated rings. The Kier molecular flexibility index (Phi) is 7.88. The molecule has 0 spiro atoms. The number of hydrogen-bond acceptors (Lipinski definition) is 6. The average molecular weight is 416 g/mol. The molecule has 0 saturated heterocycles. The molecule has 0 saturated carbocycles. The second kappa shape index (κ2) is 9.92. The lowest BCUT2D eigenvalue weighted by atomic mass is 10.2. The number of halogens is 3. The molecule has 1 amide bonds. The summed E-state index contributed by atoms with van der Waals surface area (Å²) in [5, 5.41) is 1.37. The second-order valence-electron chi connectivity index (χ2n) is 6.21. The van der Waals surface area contributed by atoms with Crippen LogP contribution < -0.4 is 10.4 Å². The van der Waals surface area contributed by atoms with Gasteiger partial charge in [-0.3, -0.25) is 19.6 Å². The Morgan fingerprint density at radius 2 is 2.11 bits per heavy atom. The SMILES string of the molecule is CCN(C(=O)CCC(=O)SCCC(F)(F)F)C1=CN(c2cccnc2)NC1C. The molecule has 1 atom stereocenters. The Bertz CT molecular complexity index is 713. The lowest BCUT2D eigenvalue weighted by Gasteiger charge is -2.24. The minimum atomic E-state index is -4.28. The van der Waals surface area contributed by atoms with E-state index in [0.29, 0.717) is 18.3 Å². The maximum Gasteiger partial charge on any atom is 0.389 e. The molecule has 10 heteroatoms. The highest BCUT2D eigenvalue weighted by atomic mass is 32.2. The Labute approximate surface area is 166 Å². The van der Waals surface area contributed by atoms with Crippen molar-refractivity contribution in [3.63, 3.8) is 0 Å². The van der Waals surface area contributed by atoms with E-state index in [2.05, 4.69) is 10.4 Å². The summed E-state index contributed by atoms with van der Waals surface area (Å²) in [7, 11) is 0. The molecule has 28 heavy (non-hydrogen) atoms. The molecule has 0 aliphatic carbocycles. The van der Waals surface area contributed by atoms with Crippen molar-refractivity contribution >= 4 is 28.5 Å². The number of carbonyl (C=O) groups is 2. The van der Waals surface area contributed by atoms with Crippen molar-refractivity contribution in [2.75, 3.05) is 17.3 Å².